The van der Waals surface area contributed by atoms with Crippen molar-refractivity contribution in [3.05, 3.63) is 0 Å². The molecule has 1 saturated heterocycles. The van der Waals surface area contributed by atoms with Crippen LogP contribution in [0, 0.1) is 5.92 Å². The zero-order chi connectivity index (χ0) is 13.5. The van der Waals surface area contributed by atoms with E-state index in [1.807, 2.05) is 25.6 Å². The average molecular weight is 274 g/mol. The number of carbonyl (C=O) groups is 2. The summed E-state index contributed by atoms with van der Waals surface area (Å²) >= 11 is 1.89. The molecule has 0 saturated carbocycles. The van der Waals surface area contributed by atoms with Crippen LogP contribution < -0.4 is 10.6 Å². The molecule has 18 heavy (non-hydrogen) atoms. The normalized spacial score (nSPS) is 18.4. The molecule has 5 nitrogen and oxygen atoms in total. The standard InChI is InChI=1S/C12H22N2O3S/c1-8(2)7-10(11(15)16)14-12(17)13-9-3-5-18-6-4-9/h8-10H,3-7H2,1-2H3,(H,15,16)(H2,13,14,17). The van der Waals surface area contributed by atoms with E-state index >= 15 is 0 Å². The summed E-state index contributed by atoms with van der Waals surface area (Å²) in [6.07, 6.45) is 2.36. The number of thioether (sulfide) groups is 1. The number of carboxylic acid groups (broad SMARTS) is 1. The number of nitrogens with one attached hydrogen (secondary N) is 2. The maximum absolute atomic E-state index is 11.7. The molecular formula is C12H22N2O3S. The molecule has 6 heteroatoms. The molecule has 1 aliphatic rings. The lowest BCUT2D eigenvalue weighted by molar-refractivity contribution is -0.139. The highest BCUT2D eigenvalue weighted by Crippen LogP contribution is 2.16. The summed E-state index contributed by atoms with van der Waals surface area (Å²) in [5, 5.41) is 14.4. The van der Waals surface area contributed by atoms with Gasteiger partial charge in [-0.05, 0) is 36.7 Å². The van der Waals surface area contributed by atoms with E-state index in [-0.39, 0.29) is 18.0 Å². The van der Waals surface area contributed by atoms with Crippen molar-refractivity contribution in [1.29, 1.82) is 0 Å². The van der Waals surface area contributed by atoms with Gasteiger partial charge in [0.1, 0.15) is 6.04 Å². The molecule has 0 aromatic heterocycles. The second-order valence-corrected chi connectivity index (χ2v) is 6.25. The van der Waals surface area contributed by atoms with Gasteiger partial charge in [-0.3, -0.25) is 0 Å². The predicted molar refractivity (Wildman–Crippen MR) is 72.9 cm³/mol. The van der Waals surface area contributed by atoms with Crippen molar-refractivity contribution in [2.24, 2.45) is 5.92 Å². The lowest BCUT2D eigenvalue weighted by Gasteiger charge is -2.24. The molecule has 0 spiro atoms. The summed E-state index contributed by atoms with van der Waals surface area (Å²) in [4.78, 5) is 22.7. The molecule has 0 bridgehead atoms. The summed E-state index contributed by atoms with van der Waals surface area (Å²) in [5.41, 5.74) is 0. The summed E-state index contributed by atoms with van der Waals surface area (Å²) < 4.78 is 0. The molecule has 1 atom stereocenters. The van der Waals surface area contributed by atoms with Crippen molar-refractivity contribution >= 4 is 23.8 Å². The zero-order valence-corrected chi connectivity index (χ0v) is 11.8. The smallest absolute Gasteiger partial charge is 0.326 e. The third-order valence-electron chi connectivity index (χ3n) is 2.87. The van der Waals surface area contributed by atoms with Crippen LogP contribution in [0.5, 0.6) is 0 Å². The van der Waals surface area contributed by atoms with Gasteiger partial charge in [0.15, 0.2) is 0 Å². The predicted octanol–water partition coefficient (Wildman–Crippen LogP) is 1.68. The van der Waals surface area contributed by atoms with E-state index in [0.29, 0.717) is 6.42 Å². The molecule has 1 heterocycles. The van der Waals surface area contributed by atoms with E-state index in [9.17, 15) is 9.59 Å². The summed E-state index contributed by atoms with van der Waals surface area (Å²) in [7, 11) is 0. The highest BCUT2D eigenvalue weighted by atomic mass is 32.2. The number of hydrogen-bond acceptors (Lipinski definition) is 3. The summed E-state index contributed by atoms with van der Waals surface area (Å²) in [5.74, 6) is 1.37. The topological polar surface area (TPSA) is 78.4 Å². The number of rotatable bonds is 5. The molecule has 0 radical (unpaired) electrons. The van der Waals surface area contributed by atoms with E-state index in [0.717, 1.165) is 24.3 Å². The van der Waals surface area contributed by atoms with Gasteiger partial charge in [-0.1, -0.05) is 13.8 Å². The van der Waals surface area contributed by atoms with Crippen LogP contribution in [0.15, 0.2) is 0 Å². The van der Waals surface area contributed by atoms with Crippen molar-refractivity contribution in [2.75, 3.05) is 11.5 Å². The van der Waals surface area contributed by atoms with Gasteiger partial charge in [0.25, 0.3) is 0 Å². The Bertz CT molecular complexity index is 291. The molecule has 1 fully saturated rings. The number of aliphatic carboxylic acids is 1. The van der Waals surface area contributed by atoms with Gasteiger partial charge in [-0.25, -0.2) is 9.59 Å². The van der Waals surface area contributed by atoms with Gasteiger partial charge in [-0.15, -0.1) is 0 Å². The van der Waals surface area contributed by atoms with Gasteiger partial charge >= 0.3 is 12.0 Å². The van der Waals surface area contributed by atoms with Gasteiger partial charge in [0.2, 0.25) is 0 Å². The number of amides is 2. The number of carbonyl (C=O) groups excluding carboxylic acids is 1. The lowest BCUT2D eigenvalue weighted by Crippen LogP contribution is -2.50. The Balaban J connectivity index is 2.37. The summed E-state index contributed by atoms with van der Waals surface area (Å²) in [6.45, 7) is 3.88. The maximum Gasteiger partial charge on any atom is 0.326 e. The molecule has 1 aliphatic heterocycles. The summed E-state index contributed by atoms with van der Waals surface area (Å²) in [6, 6.07) is -0.984. The van der Waals surface area contributed by atoms with Crippen LogP contribution in [-0.2, 0) is 4.79 Å². The Labute approximate surface area is 112 Å². The Morgan fingerprint density at radius 3 is 2.44 bits per heavy atom. The quantitative estimate of drug-likeness (QED) is 0.713. The molecule has 2 amide bonds. The Morgan fingerprint density at radius 1 is 1.33 bits per heavy atom. The molecule has 1 rings (SSSR count). The van der Waals surface area contributed by atoms with Crippen molar-refractivity contribution in [3.8, 4) is 0 Å². The zero-order valence-electron chi connectivity index (χ0n) is 10.9. The Hall–Kier alpha value is -0.910. The van der Waals surface area contributed by atoms with Gasteiger partial charge < -0.3 is 15.7 Å². The Kier molecular flexibility index (Phi) is 6.32. The number of carboxylic acids is 1. The molecule has 0 aromatic carbocycles. The molecule has 0 aliphatic carbocycles. The average Bonchev–Trinajstić information content (AvgIpc) is 2.28. The molecule has 3 N–H and O–H groups in total. The highest BCUT2D eigenvalue weighted by Gasteiger charge is 2.23. The van der Waals surface area contributed by atoms with E-state index < -0.39 is 12.0 Å². The van der Waals surface area contributed by atoms with Crippen LogP contribution >= 0.6 is 11.8 Å². The monoisotopic (exact) mass is 274 g/mol. The largest absolute Gasteiger partial charge is 0.480 e. The first-order valence-corrected chi connectivity index (χ1v) is 7.52. The second kappa shape index (κ2) is 7.51. The van der Waals surface area contributed by atoms with Crippen molar-refractivity contribution in [2.45, 2.75) is 45.2 Å². The fourth-order valence-corrected chi connectivity index (χ4v) is 3.03. The van der Waals surface area contributed by atoms with E-state index in [2.05, 4.69) is 10.6 Å². The van der Waals surface area contributed by atoms with Crippen LogP contribution in [0.4, 0.5) is 4.79 Å². The lowest BCUT2D eigenvalue weighted by atomic mass is 10.0. The second-order valence-electron chi connectivity index (χ2n) is 5.02. The minimum Gasteiger partial charge on any atom is -0.480 e. The minimum atomic E-state index is -0.974. The number of urea groups is 1. The first-order chi connectivity index (χ1) is 8.49. The van der Waals surface area contributed by atoms with Crippen LogP contribution in [0.3, 0.4) is 0 Å². The fourth-order valence-electron chi connectivity index (χ4n) is 1.92. The number of hydrogen-bond donors (Lipinski definition) is 3. The van der Waals surface area contributed by atoms with E-state index in [1.165, 1.54) is 0 Å². The molecule has 0 aromatic rings. The fraction of sp³-hybridized carbons (Fsp3) is 0.833. The van der Waals surface area contributed by atoms with E-state index in [4.69, 9.17) is 5.11 Å². The van der Waals surface area contributed by atoms with E-state index in [1.54, 1.807) is 0 Å². The molecular weight excluding hydrogens is 252 g/mol. The van der Waals surface area contributed by atoms with Crippen LogP contribution in [-0.4, -0.2) is 40.7 Å². The molecule has 104 valence electrons. The van der Waals surface area contributed by atoms with Crippen LogP contribution in [0.2, 0.25) is 0 Å². The van der Waals surface area contributed by atoms with Gasteiger partial charge in [0, 0.05) is 6.04 Å². The van der Waals surface area contributed by atoms with Crippen LogP contribution in [0.25, 0.3) is 0 Å². The van der Waals surface area contributed by atoms with Gasteiger partial charge in [0.05, 0.1) is 0 Å². The third kappa shape index (κ3) is 5.62. The first kappa shape index (κ1) is 15.1. The minimum absolute atomic E-state index is 0.180. The third-order valence-corrected chi connectivity index (χ3v) is 3.92. The first-order valence-electron chi connectivity index (χ1n) is 6.36. The highest BCUT2D eigenvalue weighted by molar-refractivity contribution is 7.99. The molecule has 1 unspecified atom stereocenters. The Morgan fingerprint density at radius 2 is 1.94 bits per heavy atom. The van der Waals surface area contributed by atoms with Crippen molar-refractivity contribution in [3.63, 3.8) is 0 Å². The maximum atomic E-state index is 11.7. The van der Waals surface area contributed by atoms with Gasteiger partial charge in [-0.2, -0.15) is 11.8 Å². The van der Waals surface area contributed by atoms with Crippen molar-refractivity contribution < 1.29 is 14.7 Å². The van der Waals surface area contributed by atoms with Crippen LogP contribution in [0.1, 0.15) is 33.1 Å². The SMILES string of the molecule is CC(C)CC(NC(=O)NC1CCSCC1)C(=O)O. The van der Waals surface area contributed by atoms with Crippen molar-refractivity contribution in [1.82, 2.24) is 10.6 Å².